The molecule has 0 bridgehead atoms. The molecule has 18 heavy (non-hydrogen) atoms. The van der Waals surface area contributed by atoms with Gasteiger partial charge in [-0.1, -0.05) is 0 Å². The number of carbonyl (C=O) groups is 1. The molecule has 1 aliphatic heterocycles. The van der Waals surface area contributed by atoms with Crippen LogP contribution in [0.5, 0.6) is 0 Å². The van der Waals surface area contributed by atoms with E-state index in [9.17, 15) is 19.3 Å². The Morgan fingerprint density at radius 2 is 2.33 bits per heavy atom. The van der Waals surface area contributed by atoms with Crippen LogP contribution in [0.15, 0.2) is 18.2 Å². The Kier molecular flexibility index (Phi) is 3.52. The summed E-state index contributed by atoms with van der Waals surface area (Å²) in [4.78, 5) is 21.6. The molecule has 1 heterocycles. The van der Waals surface area contributed by atoms with Crippen LogP contribution in [0.3, 0.4) is 0 Å². The van der Waals surface area contributed by atoms with E-state index in [4.69, 9.17) is 4.74 Å². The van der Waals surface area contributed by atoms with Gasteiger partial charge in [-0.2, -0.15) is 0 Å². The van der Waals surface area contributed by atoms with E-state index < -0.39 is 22.8 Å². The molecule has 1 aliphatic rings. The third-order valence-electron chi connectivity index (χ3n) is 2.64. The number of hydrogen-bond acceptors (Lipinski definition) is 4. The monoisotopic (exact) mass is 254 g/mol. The van der Waals surface area contributed by atoms with E-state index in [-0.39, 0.29) is 11.4 Å². The maximum atomic E-state index is 13.4. The second-order valence-electron chi connectivity index (χ2n) is 3.91. The van der Waals surface area contributed by atoms with E-state index >= 15 is 0 Å². The normalized spacial score (nSPS) is 18.6. The second kappa shape index (κ2) is 5.09. The summed E-state index contributed by atoms with van der Waals surface area (Å²) in [6, 6.07) is 2.97. The van der Waals surface area contributed by atoms with Crippen LogP contribution in [-0.4, -0.2) is 23.5 Å². The van der Waals surface area contributed by atoms with Crippen molar-refractivity contribution >= 4 is 17.3 Å². The van der Waals surface area contributed by atoms with Crippen LogP contribution in [0.2, 0.25) is 0 Å². The molecule has 1 fully saturated rings. The molecule has 1 saturated heterocycles. The molecule has 6 nitrogen and oxygen atoms in total. The smallest absolute Gasteiger partial charge is 0.271 e. The molecule has 96 valence electrons. The average molecular weight is 254 g/mol. The minimum Gasteiger partial charge on any atom is -0.368 e. The molecule has 1 unspecified atom stereocenters. The Morgan fingerprint density at radius 1 is 1.56 bits per heavy atom. The summed E-state index contributed by atoms with van der Waals surface area (Å²) in [7, 11) is 0. The molecule has 0 radical (unpaired) electrons. The fourth-order valence-electron chi connectivity index (χ4n) is 1.72. The Hall–Kier alpha value is -2.02. The van der Waals surface area contributed by atoms with Crippen LogP contribution < -0.4 is 5.32 Å². The van der Waals surface area contributed by atoms with Crippen molar-refractivity contribution in [1.29, 1.82) is 0 Å². The molecule has 0 aliphatic carbocycles. The number of non-ortho nitro benzene ring substituents is 1. The lowest BCUT2D eigenvalue weighted by Gasteiger charge is -2.10. The van der Waals surface area contributed by atoms with Gasteiger partial charge in [0, 0.05) is 18.7 Å². The average Bonchev–Trinajstić information content (AvgIpc) is 2.85. The van der Waals surface area contributed by atoms with Crippen molar-refractivity contribution in [2.45, 2.75) is 18.9 Å². The fourth-order valence-corrected chi connectivity index (χ4v) is 1.72. The van der Waals surface area contributed by atoms with Crippen LogP contribution in [0.4, 0.5) is 15.8 Å². The molecule has 2 rings (SSSR count). The van der Waals surface area contributed by atoms with Gasteiger partial charge >= 0.3 is 0 Å². The maximum absolute atomic E-state index is 13.4. The molecule has 1 N–H and O–H groups in total. The molecule has 7 heteroatoms. The number of ether oxygens (including phenoxy) is 1. The minimum atomic E-state index is -0.716. The van der Waals surface area contributed by atoms with Gasteiger partial charge in [-0.15, -0.1) is 0 Å². The molecular weight excluding hydrogens is 243 g/mol. The molecular formula is C11H11FN2O4. The third kappa shape index (κ3) is 2.62. The number of carbonyl (C=O) groups excluding carboxylic acids is 1. The lowest BCUT2D eigenvalue weighted by atomic mass is 10.2. The summed E-state index contributed by atoms with van der Waals surface area (Å²) in [6.07, 6.45) is 0.737. The first kappa shape index (κ1) is 12.4. The highest BCUT2D eigenvalue weighted by Gasteiger charge is 2.24. The van der Waals surface area contributed by atoms with E-state index in [0.717, 1.165) is 24.6 Å². The van der Waals surface area contributed by atoms with E-state index in [1.807, 2.05) is 0 Å². The van der Waals surface area contributed by atoms with E-state index in [2.05, 4.69) is 5.32 Å². The molecule has 0 spiro atoms. The standard InChI is InChI=1S/C11H11FN2O4/c12-8-4-3-7(14(16)17)6-9(8)13-11(15)10-2-1-5-18-10/h3-4,6,10H,1-2,5H2,(H,13,15). The van der Waals surface area contributed by atoms with Gasteiger partial charge in [0.2, 0.25) is 0 Å². The molecule has 0 aromatic heterocycles. The number of nitro groups is 1. The number of nitrogens with zero attached hydrogens (tertiary/aromatic N) is 1. The summed E-state index contributed by atoms with van der Waals surface area (Å²) in [6.45, 7) is 0.496. The first-order chi connectivity index (χ1) is 8.58. The van der Waals surface area contributed by atoms with Gasteiger partial charge in [-0.3, -0.25) is 14.9 Å². The largest absolute Gasteiger partial charge is 0.368 e. The number of hydrogen-bond donors (Lipinski definition) is 1. The van der Waals surface area contributed by atoms with Gasteiger partial charge in [0.15, 0.2) is 0 Å². The van der Waals surface area contributed by atoms with Crippen molar-refractivity contribution in [2.24, 2.45) is 0 Å². The van der Waals surface area contributed by atoms with Gasteiger partial charge in [-0.05, 0) is 18.9 Å². The maximum Gasteiger partial charge on any atom is 0.271 e. The van der Waals surface area contributed by atoms with E-state index in [1.165, 1.54) is 0 Å². The van der Waals surface area contributed by atoms with Gasteiger partial charge in [0.25, 0.3) is 11.6 Å². The molecule has 0 saturated carbocycles. The zero-order valence-corrected chi connectivity index (χ0v) is 9.39. The second-order valence-corrected chi connectivity index (χ2v) is 3.91. The Morgan fingerprint density at radius 3 is 2.94 bits per heavy atom. The Bertz CT molecular complexity index is 486. The van der Waals surface area contributed by atoms with Gasteiger partial charge < -0.3 is 10.1 Å². The number of amides is 1. The number of benzene rings is 1. The molecule has 1 aromatic rings. The van der Waals surface area contributed by atoms with Crippen molar-refractivity contribution in [3.63, 3.8) is 0 Å². The minimum absolute atomic E-state index is 0.204. The van der Waals surface area contributed by atoms with Gasteiger partial charge in [-0.25, -0.2) is 4.39 Å². The van der Waals surface area contributed by atoms with Crippen LogP contribution in [0.25, 0.3) is 0 Å². The first-order valence-electron chi connectivity index (χ1n) is 5.44. The highest BCUT2D eigenvalue weighted by Crippen LogP contribution is 2.22. The number of halogens is 1. The van der Waals surface area contributed by atoms with Gasteiger partial charge in [0.1, 0.15) is 11.9 Å². The lowest BCUT2D eigenvalue weighted by Crippen LogP contribution is -2.27. The SMILES string of the molecule is O=C(Nc1cc([N+](=O)[O-])ccc1F)C1CCCO1. The van der Waals surface area contributed by atoms with E-state index in [0.29, 0.717) is 13.0 Å². The zero-order chi connectivity index (χ0) is 13.1. The van der Waals surface area contributed by atoms with Crippen molar-refractivity contribution in [3.05, 3.63) is 34.1 Å². The number of nitrogens with one attached hydrogen (secondary N) is 1. The van der Waals surface area contributed by atoms with Crippen LogP contribution in [-0.2, 0) is 9.53 Å². The van der Waals surface area contributed by atoms with Crippen molar-refractivity contribution in [2.75, 3.05) is 11.9 Å². The topological polar surface area (TPSA) is 81.5 Å². The van der Waals surface area contributed by atoms with Crippen molar-refractivity contribution < 1.29 is 18.8 Å². The predicted octanol–water partition coefficient (Wildman–Crippen LogP) is 1.85. The van der Waals surface area contributed by atoms with Crippen molar-refractivity contribution in [1.82, 2.24) is 0 Å². The first-order valence-corrected chi connectivity index (χ1v) is 5.44. The number of nitro benzene ring substituents is 1. The highest BCUT2D eigenvalue weighted by atomic mass is 19.1. The summed E-state index contributed by atoms with van der Waals surface area (Å²) in [5, 5.41) is 12.9. The number of rotatable bonds is 3. The van der Waals surface area contributed by atoms with E-state index in [1.54, 1.807) is 0 Å². The van der Waals surface area contributed by atoms with Gasteiger partial charge in [0.05, 0.1) is 10.6 Å². The fraction of sp³-hybridized carbons (Fsp3) is 0.364. The quantitative estimate of drug-likeness (QED) is 0.659. The summed E-state index contributed by atoms with van der Waals surface area (Å²) in [5.74, 6) is -1.20. The lowest BCUT2D eigenvalue weighted by molar-refractivity contribution is -0.384. The predicted molar refractivity (Wildman–Crippen MR) is 60.7 cm³/mol. The Labute approximate surface area is 102 Å². The summed E-state index contributed by atoms with van der Waals surface area (Å²) in [5.41, 5.74) is -0.483. The van der Waals surface area contributed by atoms with Crippen LogP contribution >= 0.6 is 0 Å². The molecule has 1 aromatic carbocycles. The third-order valence-corrected chi connectivity index (χ3v) is 2.64. The number of anilines is 1. The van der Waals surface area contributed by atoms with Crippen molar-refractivity contribution in [3.8, 4) is 0 Å². The summed E-state index contributed by atoms with van der Waals surface area (Å²) < 4.78 is 18.5. The Balaban J connectivity index is 2.14. The van der Waals surface area contributed by atoms with Crippen LogP contribution in [0, 0.1) is 15.9 Å². The van der Waals surface area contributed by atoms with Crippen LogP contribution in [0.1, 0.15) is 12.8 Å². The highest BCUT2D eigenvalue weighted by molar-refractivity contribution is 5.94. The zero-order valence-electron chi connectivity index (χ0n) is 9.39. The summed E-state index contributed by atoms with van der Waals surface area (Å²) >= 11 is 0. The molecule has 1 amide bonds. The molecule has 1 atom stereocenters.